The number of hydrogen-bond acceptors (Lipinski definition) is 4. The minimum Gasteiger partial charge on any atom is -0.493 e. The van der Waals surface area contributed by atoms with E-state index in [-0.39, 0.29) is 12.5 Å². The van der Waals surface area contributed by atoms with Crippen molar-refractivity contribution >= 4 is 27.5 Å². The molecule has 0 bridgehead atoms. The highest BCUT2D eigenvalue weighted by Gasteiger charge is 2.06. The number of benzene rings is 2. The second-order valence-electron chi connectivity index (χ2n) is 4.68. The van der Waals surface area contributed by atoms with Crippen LogP contribution in [0.2, 0.25) is 0 Å². The van der Waals surface area contributed by atoms with Crippen LogP contribution in [0.25, 0.3) is 0 Å². The highest BCUT2D eigenvalue weighted by atomic mass is 79.9. The van der Waals surface area contributed by atoms with Crippen LogP contribution in [0.4, 0.5) is 0 Å². The van der Waals surface area contributed by atoms with Crippen LogP contribution in [-0.4, -0.2) is 25.3 Å². The maximum absolute atomic E-state index is 11.8. The number of halogens is 1. The number of amides is 1. The lowest BCUT2D eigenvalue weighted by Crippen LogP contribution is -2.25. The molecular formula is C17H17BrN2O3. The van der Waals surface area contributed by atoms with Crippen LogP contribution in [0, 0.1) is 0 Å². The van der Waals surface area contributed by atoms with Gasteiger partial charge in [0.2, 0.25) is 0 Å². The lowest BCUT2D eigenvalue weighted by atomic mass is 10.1. The van der Waals surface area contributed by atoms with E-state index < -0.39 is 0 Å². The van der Waals surface area contributed by atoms with Gasteiger partial charge in [0.15, 0.2) is 18.1 Å². The van der Waals surface area contributed by atoms with Crippen LogP contribution in [0.15, 0.2) is 58.1 Å². The van der Waals surface area contributed by atoms with E-state index in [4.69, 9.17) is 9.47 Å². The van der Waals surface area contributed by atoms with E-state index in [0.717, 1.165) is 10.0 Å². The zero-order chi connectivity index (χ0) is 16.7. The minimum atomic E-state index is -0.342. The molecule has 0 radical (unpaired) electrons. The maximum Gasteiger partial charge on any atom is 0.277 e. The van der Waals surface area contributed by atoms with Crippen LogP contribution < -0.4 is 14.9 Å². The Morgan fingerprint density at radius 2 is 1.91 bits per heavy atom. The SMILES string of the molecule is COc1ccccc1OCC(=O)N/N=C(\C)c1cccc(Br)c1. The molecule has 0 fully saturated rings. The van der Waals surface area contributed by atoms with Crippen molar-refractivity contribution in [1.82, 2.24) is 5.43 Å². The van der Waals surface area contributed by atoms with E-state index in [1.54, 1.807) is 19.2 Å². The molecule has 0 aliphatic rings. The van der Waals surface area contributed by atoms with Gasteiger partial charge in [-0.2, -0.15) is 5.10 Å². The van der Waals surface area contributed by atoms with Crippen LogP contribution in [0.5, 0.6) is 11.5 Å². The number of para-hydroxylation sites is 2. The highest BCUT2D eigenvalue weighted by Crippen LogP contribution is 2.25. The first-order chi connectivity index (χ1) is 11.1. The lowest BCUT2D eigenvalue weighted by molar-refractivity contribution is -0.123. The fourth-order valence-corrected chi connectivity index (χ4v) is 2.24. The quantitative estimate of drug-likeness (QED) is 0.620. The average molecular weight is 377 g/mol. The maximum atomic E-state index is 11.8. The standard InChI is InChI=1S/C17H17BrN2O3/c1-12(13-6-5-7-14(18)10-13)19-20-17(21)11-23-16-9-4-3-8-15(16)22-2/h3-10H,11H2,1-2H3,(H,20,21)/b19-12+. The molecule has 2 aromatic rings. The molecule has 2 aromatic carbocycles. The largest absolute Gasteiger partial charge is 0.493 e. The summed E-state index contributed by atoms with van der Waals surface area (Å²) in [6.07, 6.45) is 0. The number of carbonyl (C=O) groups is 1. The molecule has 23 heavy (non-hydrogen) atoms. The predicted octanol–water partition coefficient (Wildman–Crippen LogP) is 3.38. The van der Waals surface area contributed by atoms with E-state index in [9.17, 15) is 4.79 Å². The average Bonchev–Trinajstić information content (AvgIpc) is 2.58. The summed E-state index contributed by atoms with van der Waals surface area (Å²) in [5.74, 6) is 0.747. The van der Waals surface area contributed by atoms with Crippen molar-refractivity contribution in [3.05, 3.63) is 58.6 Å². The molecule has 0 atom stereocenters. The Kier molecular flexibility index (Phi) is 6.17. The molecular weight excluding hydrogens is 360 g/mol. The predicted molar refractivity (Wildman–Crippen MR) is 93.0 cm³/mol. The summed E-state index contributed by atoms with van der Waals surface area (Å²) in [6.45, 7) is 1.68. The fourth-order valence-electron chi connectivity index (χ4n) is 1.84. The number of nitrogens with one attached hydrogen (secondary N) is 1. The van der Waals surface area contributed by atoms with Crippen molar-refractivity contribution in [3.8, 4) is 11.5 Å². The summed E-state index contributed by atoms with van der Waals surface area (Å²) >= 11 is 3.40. The molecule has 1 N–H and O–H groups in total. The number of nitrogens with zero attached hydrogens (tertiary/aromatic N) is 1. The van der Waals surface area contributed by atoms with Gasteiger partial charge in [0.1, 0.15) is 0 Å². The summed E-state index contributed by atoms with van der Waals surface area (Å²) in [7, 11) is 1.55. The van der Waals surface area contributed by atoms with Gasteiger partial charge in [-0.3, -0.25) is 4.79 Å². The summed E-state index contributed by atoms with van der Waals surface area (Å²) < 4.78 is 11.5. The lowest BCUT2D eigenvalue weighted by Gasteiger charge is -2.09. The summed E-state index contributed by atoms with van der Waals surface area (Å²) in [6, 6.07) is 14.8. The smallest absolute Gasteiger partial charge is 0.277 e. The number of carbonyl (C=O) groups excluding carboxylic acids is 1. The van der Waals surface area contributed by atoms with Gasteiger partial charge in [0.05, 0.1) is 12.8 Å². The van der Waals surface area contributed by atoms with Gasteiger partial charge < -0.3 is 9.47 Å². The monoisotopic (exact) mass is 376 g/mol. The molecule has 0 saturated heterocycles. The van der Waals surface area contributed by atoms with Crippen molar-refractivity contribution in [3.63, 3.8) is 0 Å². The van der Waals surface area contributed by atoms with E-state index >= 15 is 0 Å². The van der Waals surface area contributed by atoms with E-state index in [1.807, 2.05) is 43.3 Å². The molecule has 2 rings (SSSR count). The van der Waals surface area contributed by atoms with Crippen LogP contribution in [0.1, 0.15) is 12.5 Å². The topological polar surface area (TPSA) is 59.9 Å². The first kappa shape index (κ1) is 17.0. The Morgan fingerprint density at radius 3 is 2.61 bits per heavy atom. The summed E-state index contributed by atoms with van der Waals surface area (Å²) in [5.41, 5.74) is 4.10. The van der Waals surface area contributed by atoms with Crippen LogP contribution >= 0.6 is 15.9 Å². The minimum absolute atomic E-state index is 0.143. The Morgan fingerprint density at radius 1 is 1.17 bits per heavy atom. The molecule has 0 heterocycles. The van der Waals surface area contributed by atoms with E-state index in [0.29, 0.717) is 17.2 Å². The molecule has 0 saturated carbocycles. The second kappa shape index (κ2) is 8.33. The first-order valence-electron chi connectivity index (χ1n) is 6.95. The van der Waals surface area contributed by atoms with Gasteiger partial charge in [0, 0.05) is 4.47 Å². The Hall–Kier alpha value is -2.34. The molecule has 120 valence electrons. The molecule has 0 unspecified atom stereocenters. The molecule has 0 spiro atoms. The van der Waals surface area contributed by atoms with Crippen molar-refractivity contribution in [2.45, 2.75) is 6.92 Å². The van der Waals surface area contributed by atoms with Gasteiger partial charge in [-0.1, -0.05) is 40.2 Å². The molecule has 5 nitrogen and oxygen atoms in total. The number of hydrazone groups is 1. The van der Waals surface area contributed by atoms with Gasteiger partial charge in [-0.05, 0) is 36.8 Å². The van der Waals surface area contributed by atoms with Crippen LogP contribution in [-0.2, 0) is 4.79 Å². The van der Waals surface area contributed by atoms with Gasteiger partial charge in [-0.25, -0.2) is 5.43 Å². The Bertz CT molecular complexity index is 716. The number of rotatable bonds is 6. The Labute approximate surface area is 143 Å². The highest BCUT2D eigenvalue weighted by molar-refractivity contribution is 9.10. The van der Waals surface area contributed by atoms with Crippen molar-refractivity contribution in [2.75, 3.05) is 13.7 Å². The number of methoxy groups -OCH3 is 1. The fraction of sp³-hybridized carbons (Fsp3) is 0.176. The van der Waals surface area contributed by atoms with Crippen LogP contribution in [0.3, 0.4) is 0 Å². The summed E-state index contributed by atoms with van der Waals surface area (Å²) in [5, 5.41) is 4.08. The van der Waals surface area contributed by atoms with Gasteiger partial charge >= 0.3 is 0 Å². The normalized spacial score (nSPS) is 11.0. The van der Waals surface area contributed by atoms with Gasteiger partial charge in [0.25, 0.3) is 5.91 Å². The van der Waals surface area contributed by atoms with Gasteiger partial charge in [-0.15, -0.1) is 0 Å². The second-order valence-corrected chi connectivity index (χ2v) is 5.60. The zero-order valence-corrected chi connectivity index (χ0v) is 14.5. The molecule has 6 heteroatoms. The van der Waals surface area contributed by atoms with E-state index in [2.05, 4.69) is 26.5 Å². The number of hydrogen-bond donors (Lipinski definition) is 1. The van der Waals surface area contributed by atoms with Crippen molar-refractivity contribution < 1.29 is 14.3 Å². The third-order valence-electron chi connectivity index (χ3n) is 3.02. The summed E-state index contributed by atoms with van der Waals surface area (Å²) in [4.78, 5) is 11.8. The Balaban J connectivity index is 1.91. The molecule has 0 aliphatic carbocycles. The molecule has 0 aromatic heterocycles. The third-order valence-corrected chi connectivity index (χ3v) is 3.51. The molecule has 1 amide bonds. The third kappa shape index (κ3) is 5.10. The first-order valence-corrected chi connectivity index (χ1v) is 7.74. The zero-order valence-electron chi connectivity index (χ0n) is 12.9. The van der Waals surface area contributed by atoms with Crippen molar-refractivity contribution in [2.24, 2.45) is 5.10 Å². The van der Waals surface area contributed by atoms with Crippen molar-refractivity contribution in [1.29, 1.82) is 0 Å². The number of ether oxygens (including phenoxy) is 2. The molecule has 0 aliphatic heterocycles. The van der Waals surface area contributed by atoms with E-state index in [1.165, 1.54) is 0 Å².